The minimum absolute atomic E-state index is 0.0271. The summed E-state index contributed by atoms with van der Waals surface area (Å²) in [6, 6.07) is 61.2. The van der Waals surface area contributed by atoms with Crippen molar-refractivity contribution in [3.8, 4) is 39.1 Å². The second kappa shape index (κ2) is 10.8. The lowest BCUT2D eigenvalue weighted by Crippen LogP contribution is -2.14. The number of benzene rings is 8. The van der Waals surface area contributed by atoms with Gasteiger partial charge in [-0.3, -0.25) is 9.20 Å². The van der Waals surface area contributed by atoms with Gasteiger partial charge in [-0.15, -0.1) is 0 Å². The fraction of sp³-hybridized carbons (Fsp3) is 0.0577. The average molecular weight is 703 g/mol. The number of pyridine rings is 1. The monoisotopic (exact) mass is 702 g/mol. The third-order valence-electron chi connectivity index (χ3n) is 12.4. The van der Waals surface area contributed by atoms with Crippen molar-refractivity contribution in [2.45, 2.75) is 19.3 Å². The van der Waals surface area contributed by atoms with E-state index in [1.165, 1.54) is 44.1 Å². The molecule has 0 atom stereocenters. The van der Waals surface area contributed by atoms with Gasteiger partial charge in [-0.25, -0.2) is 0 Å². The number of hydrogen-bond donors (Lipinski definition) is 0. The van der Waals surface area contributed by atoms with Gasteiger partial charge in [0.2, 0.25) is 0 Å². The highest BCUT2D eigenvalue weighted by Crippen LogP contribution is 2.53. The molecular formula is C52H34N2O. The Labute approximate surface area is 317 Å². The normalized spacial score (nSPS) is 13.5. The van der Waals surface area contributed by atoms with Crippen molar-refractivity contribution in [1.82, 2.24) is 8.97 Å². The van der Waals surface area contributed by atoms with Gasteiger partial charge in [0.25, 0.3) is 5.56 Å². The van der Waals surface area contributed by atoms with Gasteiger partial charge < -0.3 is 4.57 Å². The molecule has 0 radical (unpaired) electrons. The lowest BCUT2D eigenvalue weighted by Gasteiger charge is -2.21. The van der Waals surface area contributed by atoms with Crippen molar-refractivity contribution in [3.05, 3.63) is 191 Å². The van der Waals surface area contributed by atoms with E-state index in [2.05, 4.69) is 164 Å². The van der Waals surface area contributed by atoms with E-state index in [9.17, 15) is 4.79 Å². The van der Waals surface area contributed by atoms with Crippen LogP contribution in [0.5, 0.6) is 0 Å². The lowest BCUT2D eigenvalue weighted by atomic mass is 9.82. The number of aromatic nitrogens is 2. The molecule has 3 heterocycles. The van der Waals surface area contributed by atoms with Crippen LogP contribution in [0.2, 0.25) is 0 Å². The Bertz CT molecular complexity index is 3470. The molecule has 8 aromatic carbocycles. The molecule has 0 saturated carbocycles. The van der Waals surface area contributed by atoms with Crippen LogP contribution in [0.25, 0.3) is 98.8 Å². The highest BCUT2D eigenvalue weighted by Gasteiger charge is 2.37. The van der Waals surface area contributed by atoms with Gasteiger partial charge in [-0.1, -0.05) is 129 Å². The van der Waals surface area contributed by atoms with Crippen LogP contribution in [0.4, 0.5) is 0 Å². The maximum absolute atomic E-state index is 14.1. The van der Waals surface area contributed by atoms with Gasteiger partial charge in [0.15, 0.2) is 0 Å². The summed E-state index contributed by atoms with van der Waals surface area (Å²) in [7, 11) is 0. The van der Waals surface area contributed by atoms with Crippen LogP contribution in [-0.4, -0.2) is 8.97 Å². The van der Waals surface area contributed by atoms with Gasteiger partial charge in [-0.05, 0) is 104 Å². The minimum atomic E-state index is -0.0883. The molecule has 0 amide bonds. The highest BCUT2D eigenvalue weighted by molar-refractivity contribution is 6.22. The number of fused-ring (bicyclic) bond motifs is 12. The molecule has 0 fully saturated rings. The SMILES string of the molecule is CC1(C)c2ccccc2-c2c1ccc1c2c2ccccc2n1-c1cc(-c2ccccc2)cc(-c2cc3c4ccccc4c(=O)n4c5ccccc5c(c2)c34)c1. The molecule has 0 spiro atoms. The molecule has 0 N–H and O–H groups in total. The van der Waals surface area contributed by atoms with Crippen molar-refractivity contribution in [1.29, 1.82) is 0 Å². The Hall–Kier alpha value is -6.97. The quantitative estimate of drug-likeness (QED) is 0.168. The molecule has 3 nitrogen and oxygen atoms in total. The van der Waals surface area contributed by atoms with Crippen molar-refractivity contribution in [2.75, 3.05) is 0 Å². The van der Waals surface area contributed by atoms with Crippen LogP contribution >= 0.6 is 0 Å². The third kappa shape index (κ3) is 4.02. The van der Waals surface area contributed by atoms with E-state index >= 15 is 0 Å². The molecule has 258 valence electrons. The Morgan fingerprint density at radius 3 is 1.84 bits per heavy atom. The van der Waals surface area contributed by atoms with Gasteiger partial charge in [0, 0.05) is 43.4 Å². The van der Waals surface area contributed by atoms with E-state index in [1.54, 1.807) is 0 Å². The van der Waals surface area contributed by atoms with Gasteiger partial charge in [-0.2, -0.15) is 0 Å². The fourth-order valence-corrected chi connectivity index (χ4v) is 9.94. The molecule has 0 aliphatic heterocycles. The van der Waals surface area contributed by atoms with Crippen LogP contribution in [0, 0.1) is 0 Å². The zero-order chi connectivity index (χ0) is 36.6. The second-order valence-corrected chi connectivity index (χ2v) is 15.7. The van der Waals surface area contributed by atoms with Gasteiger partial charge >= 0.3 is 0 Å². The van der Waals surface area contributed by atoms with Crippen molar-refractivity contribution >= 4 is 59.8 Å². The van der Waals surface area contributed by atoms with Gasteiger partial charge in [0.05, 0.1) is 22.1 Å². The molecule has 1 aliphatic carbocycles. The molecule has 3 aromatic heterocycles. The summed E-state index contributed by atoms with van der Waals surface area (Å²) in [5, 5.41) is 7.53. The number of nitrogens with zero attached hydrogens (tertiary/aromatic N) is 2. The van der Waals surface area contributed by atoms with E-state index in [4.69, 9.17) is 0 Å². The van der Waals surface area contributed by atoms with Crippen LogP contribution in [0.1, 0.15) is 25.0 Å². The van der Waals surface area contributed by atoms with E-state index in [0.717, 1.165) is 65.9 Å². The predicted molar refractivity (Wildman–Crippen MR) is 230 cm³/mol. The molecule has 12 rings (SSSR count). The highest BCUT2D eigenvalue weighted by atomic mass is 16.1. The van der Waals surface area contributed by atoms with Crippen molar-refractivity contribution in [3.63, 3.8) is 0 Å². The summed E-state index contributed by atoms with van der Waals surface area (Å²) < 4.78 is 4.39. The Balaban J connectivity index is 1.20. The van der Waals surface area contributed by atoms with Crippen LogP contribution in [-0.2, 0) is 5.41 Å². The van der Waals surface area contributed by atoms with Crippen LogP contribution < -0.4 is 5.56 Å². The molecule has 55 heavy (non-hydrogen) atoms. The summed E-state index contributed by atoms with van der Waals surface area (Å²) >= 11 is 0. The third-order valence-corrected chi connectivity index (χ3v) is 12.4. The van der Waals surface area contributed by atoms with Crippen LogP contribution in [0.3, 0.4) is 0 Å². The summed E-state index contributed by atoms with van der Waals surface area (Å²) in [5.41, 5.74) is 15.3. The standard InChI is InChI=1S/C52H34N2O/c1-52(2)43-21-11-8-19-39(43)48-44(52)24-25-47-49(48)40-20-10-13-23-46(40)53(47)35-27-32(31-14-4-3-5-15-31)26-33(28-35)34-29-41-36-16-6-7-18-38(36)51(55)54-45-22-12-9-17-37(45)42(30-34)50(41)54/h3-30H,1-2H3. The van der Waals surface area contributed by atoms with Gasteiger partial charge in [0.1, 0.15) is 0 Å². The maximum atomic E-state index is 14.1. The molecule has 11 aromatic rings. The Kier molecular flexibility index (Phi) is 5.99. The number of rotatable bonds is 3. The van der Waals surface area contributed by atoms with Crippen molar-refractivity contribution in [2.24, 2.45) is 0 Å². The molecule has 0 unspecified atom stereocenters. The molecule has 1 aliphatic rings. The zero-order valence-electron chi connectivity index (χ0n) is 30.5. The number of hydrogen-bond acceptors (Lipinski definition) is 1. The lowest BCUT2D eigenvalue weighted by molar-refractivity contribution is 0.661. The van der Waals surface area contributed by atoms with Crippen molar-refractivity contribution < 1.29 is 0 Å². The van der Waals surface area contributed by atoms with E-state index in [0.29, 0.717) is 0 Å². The van der Waals surface area contributed by atoms with E-state index in [-0.39, 0.29) is 11.0 Å². The zero-order valence-corrected chi connectivity index (χ0v) is 30.5. The molecule has 0 bridgehead atoms. The first-order chi connectivity index (χ1) is 27.0. The molecule has 3 heteroatoms. The Morgan fingerprint density at radius 1 is 0.436 bits per heavy atom. The first-order valence-electron chi connectivity index (χ1n) is 19.1. The van der Waals surface area contributed by atoms with Crippen LogP contribution in [0.15, 0.2) is 175 Å². The first kappa shape index (κ1) is 30.5. The predicted octanol–water partition coefficient (Wildman–Crippen LogP) is 12.9. The summed E-state index contributed by atoms with van der Waals surface area (Å²) in [6.07, 6.45) is 0. The number of para-hydroxylation sites is 2. The topological polar surface area (TPSA) is 26.4 Å². The maximum Gasteiger partial charge on any atom is 0.263 e. The molecular weight excluding hydrogens is 669 g/mol. The van der Waals surface area contributed by atoms with E-state index < -0.39 is 0 Å². The minimum Gasteiger partial charge on any atom is -0.309 e. The molecule has 0 saturated heterocycles. The largest absolute Gasteiger partial charge is 0.309 e. The summed E-state index contributed by atoms with van der Waals surface area (Å²) in [6.45, 7) is 4.71. The smallest absolute Gasteiger partial charge is 0.263 e. The van der Waals surface area contributed by atoms with E-state index in [1.807, 2.05) is 28.7 Å². The summed E-state index contributed by atoms with van der Waals surface area (Å²) in [4.78, 5) is 14.1. The Morgan fingerprint density at radius 2 is 1.04 bits per heavy atom. The average Bonchev–Trinajstić information content (AvgIpc) is 3.84. The second-order valence-electron chi connectivity index (χ2n) is 15.7. The fourth-order valence-electron chi connectivity index (χ4n) is 9.94. The summed E-state index contributed by atoms with van der Waals surface area (Å²) in [5.74, 6) is 0. The first-order valence-corrected chi connectivity index (χ1v) is 19.1.